The number of pyridine rings is 1. The Morgan fingerprint density at radius 1 is 1.47 bits per heavy atom. The molecule has 1 saturated heterocycles. The van der Waals surface area contributed by atoms with Crippen molar-refractivity contribution in [3.05, 3.63) is 28.5 Å². The first-order chi connectivity index (χ1) is 7.89. The minimum absolute atomic E-state index is 0.244. The van der Waals surface area contributed by atoms with Gasteiger partial charge >= 0.3 is 0 Å². The molecule has 0 aromatic carbocycles. The smallest absolute Gasteiger partial charge is 0.0737 e. The van der Waals surface area contributed by atoms with Crippen LogP contribution >= 0.6 is 15.9 Å². The molecule has 0 aliphatic carbocycles. The van der Waals surface area contributed by atoms with Crippen LogP contribution in [0, 0.1) is 0 Å². The predicted molar refractivity (Wildman–Crippen MR) is 69.9 cm³/mol. The summed E-state index contributed by atoms with van der Waals surface area (Å²) in [6, 6.07) is 2.01. The maximum atomic E-state index is 10.6. The first-order valence-corrected chi connectivity index (χ1v) is 6.64. The Bertz CT molecular complexity index is 408. The molecule has 1 fully saturated rings. The van der Waals surface area contributed by atoms with E-state index in [4.69, 9.17) is 4.74 Å². The van der Waals surface area contributed by atoms with Gasteiger partial charge in [0.05, 0.1) is 17.8 Å². The van der Waals surface area contributed by atoms with Crippen LogP contribution in [-0.2, 0) is 11.2 Å². The summed E-state index contributed by atoms with van der Waals surface area (Å²) in [5.41, 5.74) is 0.135. The minimum atomic E-state index is -0.676. The topological polar surface area (TPSA) is 42.4 Å². The van der Waals surface area contributed by atoms with Crippen molar-refractivity contribution in [2.45, 2.75) is 44.3 Å². The highest BCUT2D eigenvalue weighted by Gasteiger charge is 2.39. The zero-order chi connectivity index (χ0) is 12.5. The molecule has 1 aromatic heterocycles. The molecule has 0 saturated carbocycles. The molecule has 2 heterocycles. The van der Waals surface area contributed by atoms with Crippen molar-refractivity contribution in [1.82, 2.24) is 4.98 Å². The fourth-order valence-electron chi connectivity index (χ4n) is 2.53. The lowest BCUT2D eigenvalue weighted by Crippen LogP contribution is -2.47. The number of rotatable bonds is 2. The molecule has 4 heteroatoms. The van der Waals surface area contributed by atoms with E-state index < -0.39 is 5.60 Å². The maximum Gasteiger partial charge on any atom is 0.0737 e. The molecule has 2 rings (SSSR count). The van der Waals surface area contributed by atoms with Gasteiger partial charge in [0.15, 0.2) is 0 Å². The second-order valence-electron chi connectivity index (χ2n) is 5.45. The Labute approximate surface area is 110 Å². The van der Waals surface area contributed by atoms with E-state index in [0.29, 0.717) is 25.9 Å². The van der Waals surface area contributed by atoms with E-state index in [2.05, 4.69) is 20.9 Å². The summed E-state index contributed by atoms with van der Waals surface area (Å²) in [4.78, 5) is 4.13. The number of aliphatic hydroxyl groups is 1. The monoisotopic (exact) mass is 299 g/mol. The molecule has 17 heavy (non-hydrogen) atoms. The Balaban J connectivity index is 2.12. The lowest BCUT2D eigenvalue weighted by atomic mass is 9.80. The van der Waals surface area contributed by atoms with Gasteiger partial charge in [-0.3, -0.25) is 4.98 Å². The first-order valence-electron chi connectivity index (χ1n) is 5.84. The van der Waals surface area contributed by atoms with Crippen molar-refractivity contribution in [3.63, 3.8) is 0 Å². The largest absolute Gasteiger partial charge is 0.389 e. The minimum Gasteiger partial charge on any atom is -0.389 e. The van der Waals surface area contributed by atoms with E-state index in [1.165, 1.54) is 0 Å². The van der Waals surface area contributed by atoms with Gasteiger partial charge in [-0.2, -0.15) is 0 Å². The molecule has 3 nitrogen and oxygen atoms in total. The lowest BCUT2D eigenvalue weighted by Gasteiger charge is -2.41. The highest BCUT2D eigenvalue weighted by Crippen LogP contribution is 2.34. The normalized spacial score (nSPS) is 28.0. The number of hydrogen-bond donors (Lipinski definition) is 1. The Morgan fingerprint density at radius 2 is 2.24 bits per heavy atom. The van der Waals surface area contributed by atoms with Crippen molar-refractivity contribution in [1.29, 1.82) is 0 Å². The van der Waals surface area contributed by atoms with Crippen molar-refractivity contribution < 1.29 is 9.84 Å². The van der Waals surface area contributed by atoms with Gasteiger partial charge in [0.25, 0.3) is 0 Å². The Morgan fingerprint density at radius 3 is 2.88 bits per heavy atom. The molecule has 1 atom stereocenters. The van der Waals surface area contributed by atoms with Crippen LogP contribution in [0.15, 0.2) is 22.9 Å². The summed E-state index contributed by atoms with van der Waals surface area (Å²) in [6.07, 6.45) is 5.54. The molecule has 0 radical (unpaired) electrons. The van der Waals surface area contributed by atoms with E-state index in [1.807, 2.05) is 26.1 Å². The van der Waals surface area contributed by atoms with Crippen LogP contribution in [0.5, 0.6) is 0 Å². The Hall–Kier alpha value is -0.450. The van der Waals surface area contributed by atoms with Crippen LogP contribution in [0.4, 0.5) is 0 Å². The molecular formula is C13H18BrNO2. The van der Waals surface area contributed by atoms with E-state index in [0.717, 1.165) is 10.0 Å². The fraction of sp³-hybridized carbons (Fsp3) is 0.615. The summed E-state index contributed by atoms with van der Waals surface area (Å²) in [7, 11) is 0. The van der Waals surface area contributed by atoms with E-state index in [9.17, 15) is 5.11 Å². The quantitative estimate of drug-likeness (QED) is 0.913. The van der Waals surface area contributed by atoms with Crippen LogP contribution < -0.4 is 0 Å². The molecule has 0 spiro atoms. The highest BCUT2D eigenvalue weighted by molar-refractivity contribution is 9.10. The summed E-state index contributed by atoms with van der Waals surface area (Å²) in [5, 5.41) is 10.6. The second-order valence-corrected chi connectivity index (χ2v) is 6.36. The molecule has 1 aromatic rings. The molecule has 1 unspecified atom stereocenters. The molecule has 1 aliphatic rings. The van der Waals surface area contributed by atoms with Crippen LogP contribution in [-0.4, -0.2) is 27.9 Å². The third-order valence-corrected chi connectivity index (χ3v) is 3.54. The third-order valence-electron chi connectivity index (χ3n) is 3.11. The van der Waals surface area contributed by atoms with Crippen LogP contribution in [0.25, 0.3) is 0 Å². The van der Waals surface area contributed by atoms with Crippen molar-refractivity contribution in [2.24, 2.45) is 0 Å². The van der Waals surface area contributed by atoms with Gasteiger partial charge in [0.1, 0.15) is 0 Å². The Kier molecular flexibility index (Phi) is 3.57. The number of hydrogen-bond acceptors (Lipinski definition) is 3. The van der Waals surface area contributed by atoms with E-state index >= 15 is 0 Å². The summed E-state index contributed by atoms with van der Waals surface area (Å²) >= 11 is 3.40. The van der Waals surface area contributed by atoms with Crippen LogP contribution in [0.2, 0.25) is 0 Å². The molecular weight excluding hydrogens is 282 g/mol. The third kappa shape index (κ3) is 3.50. The summed E-state index contributed by atoms with van der Waals surface area (Å²) in [6.45, 7) is 4.66. The predicted octanol–water partition coefficient (Wildman–Crippen LogP) is 2.71. The SMILES string of the molecule is CC1(C)CC(O)(Cc2cncc(Br)c2)CCO1. The number of halogens is 1. The van der Waals surface area contributed by atoms with Gasteiger partial charge < -0.3 is 9.84 Å². The highest BCUT2D eigenvalue weighted by atomic mass is 79.9. The maximum absolute atomic E-state index is 10.6. The molecule has 0 bridgehead atoms. The van der Waals surface area contributed by atoms with Crippen molar-refractivity contribution in [3.8, 4) is 0 Å². The number of ether oxygens (including phenoxy) is 1. The zero-order valence-electron chi connectivity index (χ0n) is 10.2. The van der Waals surface area contributed by atoms with E-state index in [-0.39, 0.29) is 5.60 Å². The molecule has 1 aliphatic heterocycles. The zero-order valence-corrected chi connectivity index (χ0v) is 11.8. The molecule has 0 amide bonds. The first kappa shape index (κ1) is 13.0. The van der Waals surface area contributed by atoms with Crippen molar-refractivity contribution >= 4 is 15.9 Å². The van der Waals surface area contributed by atoms with Gasteiger partial charge in [-0.25, -0.2) is 0 Å². The van der Waals surface area contributed by atoms with Gasteiger partial charge in [0.2, 0.25) is 0 Å². The standard InChI is InChI=1S/C13H18BrNO2/c1-12(2)9-13(16,3-4-17-12)6-10-5-11(14)8-15-7-10/h5,7-8,16H,3-4,6,9H2,1-2H3. The molecule has 1 N–H and O–H groups in total. The van der Waals surface area contributed by atoms with Crippen molar-refractivity contribution in [2.75, 3.05) is 6.61 Å². The second kappa shape index (κ2) is 4.67. The van der Waals surface area contributed by atoms with Crippen LogP contribution in [0.1, 0.15) is 32.3 Å². The van der Waals surface area contributed by atoms with Gasteiger partial charge in [-0.05, 0) is 47.8 Å². The lowest BCUT2D eigenvalue weighted by molar-refractivity contribution is -0.143. The van der Waals surface area contributed by atoms with Crippen LogP contribution in [0.3, 0.4) is 0 Å². The fourth-order valence-corrected chi connectivity index (χ4v) is 2.94. The summed E-state index contributed by atoms with van der Waals surface area (Å²) in [5.74, 6) is 0. The molecule has 94 valence electrons. The van der Waals surface area contributed by atoms with Gasteiger partial charge in [-0.15, -0.1) is 0 Å². The summed E-state index contributed by atoms with van der Waals surface area (Å²) < 4.78 is 6.59. The average molecular weight is 300 g/mol. The number of aromatic nitrogens is 1. The number of nitrogens with zero attached hydrogens (tertiary/aromatic N) is 1. The average Bonchev–Trinajstić information content (AvgIpc) is 2.14. The van der Waals surface area contributed by atoms with Gasteiger partial charge in [-0.1, -0.05) is 0 Å². The van der Waals surface area contributed by atoms with E-state index in [1.54, 1.807) is 6.20 Å². The van der Waals surface area contributed by atoms with Gasteiger partial charge in [0, 0.05) is 29.7 Å².